The van der Waals surface area contributed by atoms with Crippen molar-refractivity contribution < 1.29 is 45.0 Å². The summed E-state index contributed by atoms with van der Waals surface area (Å²) in [5.74, 6) is -3.37. The summed E-state index contributed by atoms with van der Waals surface area (Å²) >= 11 is 0. The highest BCUT2D eigenvalue weighted by Crippen LogP contribution is 2.47. The summed E-state index contributed by atoms with van der Waals surface area (Å²) in [5.41, 5.74) is 0.733. The van der Waals surface area contributed by atoms with Gasteiger partial charge in [0.25, 0.3) is 11.8 Å². The normalized spacial score (nSPS) is 19.7. The predicted octanol–water partition coefficient (Wildman–Crippen LogP) is 5.79. The number of carbonyl (C=O) groups is 1. The summed E-state index contributed by atoms with van der Waals surface area (Å²) < 4.78 is 102. The number of nitrogens with zero attached hydrogens (tertiary/aromatic N) is 3. The van der Waals surface area contributed by atoms with Gasteiger partial charge in [0.2, 0.25) is 5.60 Å². The largest absolute Gasteiger partial charge is 0.464 e. The molecular formula is C26H25F6N5O4. The van der Waals surface area contributed by atoms with Gasteiger partial charge in [-0.3, -0.25) is 0 Å². The first-order chi connectivity index (χ1) is 19.4. The first kappa shape index (κ1) is 29.8. The number of esters is 1. The Hall–Kier alpha value is -4.14. The van der Waals surface area contributed by atoms with E-state index in [0.29, 0.717) is 11.6 Å². The number of pyridine rings is 1. The highest BCUT2D eigenvalue weighted by Gasteiger charge is 2.61. The number of rotatable bonds is 5. The average Bonchev–Trinajstić information content (AvgIpc) is 3.39. The van der Waals surface area contributed by atoms with Gasteiger partial charge in [-0.05, 0) is 37.8 Å². The van der Waals surface area contributed by atoms with E-state index >= 15 is 0 Å². The van der Waals surface area contributed by atoms with Crippen LogP contribution in [0.15, 0.2) is 53.0 Å². The second-order valence-electron chi connectivity index (χ2n) is 9.03. The number of halogens is 6. The lowest BCUT2D eigenvalue weighted by Crippen LogP contribution is -2.45. The molecule has 0 amide bonds. The summed E-state index contributed by atoms with van der Waals surface area (Å²) in [4.78, 5) is 16.4. The Morgan fingerprint density at radius 3 is 2.54 bits per heavy atom. The molecule has 0 spiro atoms. The van der Waals surface area contributed by atoms with Crippen LogP contribution in [0, 0.1) is 0 Å². The molecule has 15 heteroatoms. The Balaban J connectivity index is 1.87. The molecule has 4 rings (SSSR count). The van der Waals surface area contributed by atoms with Crippen LogP contribution in [0.2, 0.25) is 0 Å². The summed E-state index contributed by atoms with van der Waals surface area (Å²) in [7, 11) is 0. The van der Waals surface area contributed by atoms with Gasteiger partial charge in [-0.25, -0.2) is 9.78 Å². The molecule has 0 fully saturated rings. The second kappa shape index (κ2) is 11.8. The average molecular weight is 586 g/mol. The minimum absolute atomic E-state index is 0.0646. The first-order valence-electron chi connectivity index (χ1n) is 12.4. The maximum Gasteiger partial charge on any atom is 0.426 e. The van der Waals surface area contributed by atoms with Crippen molar-refractivity contribution >= 4 is 17.5 Å². The van der Waals surface area contributed by atoms with Gasteiger partial charge in [-0.2, -0.15) is 26.3 Å². The molecule has 0 aliphatic carbocycles. The molecule has 0 saturated heterocycles. The lowest BCUT2D eigenvalue weighted by molar-refractivity contribution is -0.299. The number of aromatic nitrogens is 3. The number of benzene rings is 1. The van der Waals surface area contributed by atoms with Crippen LogP contribution >= 0.6 is 0 Å². The van der Waals surface area contributed by atoms with E-state index in [9.17, 15) is 31.1 Å². The Kier molecular flexibility index (Phi) is 8.56. The van der Waals surface area contributed by atoms with Gasteiger partial charge in [0.05, 0.1) is 24.5 Å². The van der Waals surface area contributed by atoms with E-state index in [1.807, 2.05) is 0 Å². The van der Waals surface area contributed by atoms with Crippen LogP contribution in [0.4, 0.5) is 37.8 Å². The second-order valence-corrected chi connectivity index (χ2v) is 9.03. The molecule has 41 heavy (non-hydrogen) atoms. The van der Waals surface area contributed by atoms with E-state index in [4.69, 9.17) is 19.6 Å². The molecular weight excluding hydrogens is 560 g/mol. The molecule has 3 N–H and O–H groups in total. The van der Waals surface area contributed by atoms with Crippen LogP contribution in [-0.4, -0.2) is 40.0 Å². The van der Waals surface area contributed by atoms with Gasteiger partial charge in [-0.1, -0.05) is 42.5 Å². The molecule has 0 radical (unpaired) electrons. The van der Waals surface area contributed by atoms with Gasteiger partial charge in [0.1, 0.15) is 11.9 Å². The third kappa shape index (κ3) is 6.45. The zero-order valence-electron chi connectivity index (χ0n) is 21.6. The highest BCUT2D eigenvalue weighted by atomic mass is 19.4. The molecule has 3 heterocycles. The SMILES string of the molecule is CCOC(=O)C1CC=CCCC(OCc2ccccc2)(C(F)(F)F)c2nnc(o2)-c2nc(c(C(F)(F)F)cc2N)N1. The number of ether oxygens (including phenoxy) is 2. The number of allylic oxidation sites excluding steroid dienone is 1. The third-order valence-electron chi connectivity index (χ3n) is 6.20. The number of hydrogen-bond acceptors (Lipinski definition) is 9. The van der Waals surface area contributed by atoms with E-state index < -0.39 is 77.5 Å². The van der Waals surface area contributed by atoms with E-state index in [1.165, 1.54) is 19.1 Å². The fourth-order valence-corrected chi connectivity index (χ4v) is 4.13. The maximum absolute atomic E-state index is 14.8. The van der Waals surface area contributed by atoms with Crippen molar-refractivity contribution in [3.8, 4) is 11.6 Å². The number of nitrogen functional groups attached to an aromatic ring is 1. The van der Waals surface area contributed by atoms with Crippen molar-refractivity contribution in [1.82, 2.24) is 15.2 Å². The van der Waals surface area contributed by atoms with Gasteiger partial charge in [0, 0.05) is 0 Å². The smallest absolute Gasteiger partial charge is 0.426 e. The van der Waals surface area contributed by atoms with E-state index in [-0.39, 0.29) is 19.4 Å². The lowest BCUT2D eigenvalue weighted by Gasteiger charge is -2.32. The Labute approximate surface area is 229 Å². The van der Waals surface area contributed by atoms with Gasteiger partial charge in [0.15, 0.2) is 5.69 Å². The quantitative estimate of drug-likeness (QED) is 0.217. The van der Waals surface area contributed by atoms with Crippen LogP contribution in [0.5, 0.6) is 0 Å². The topological polar surface area (TPSA) is 125 Å². The molecule has 3 aromatic rings. The summed E-state index contributed by atoms with van der Waals surface area (Å²) in [6.07, 6.45) is -8.48. The van der Waals surface area contributed by atoms with Crippen LogP contribution in [0.25, 0.3) is 11.6 Å². The van der Waals surface area contributed by atoms with Crippen LogP contribution in [0.3, 0.4) is 0 Å². The summed E-state index contributed by atoms with van der Waals surface area (Å²) in [6, 6.07) is 7.25. The minimum atomic E-state index is -5.06. The number of anilines is 2. The van der Waals surface area contributed by atoms with Crippen molar-refractivity contribution in [2.45, 2.75) is 56.8 Å². The number of fused-ring (bicyclic) bond motifs is 5. The molecule has 9 nitrogen and oxygen atoms in total. The van der Waals surface area contributed by atoms with E-state index in [0.717, 1.165) is 0 Å². The number of alkyl halides is 6. The molecule has 0 saturated carbocycles. The number of nitrogens with one attached hydrogen (secondary N) is 1. The molecule has 1 aliphatic heterocycles. The van der Waals surface area contributed by atoms with E-state index in [1.54, 1.807) is 30.3 Å². The summed E-state index contributed by atoms with van der Waals surface area (Å²) in [6.45, 7) is 0.975. The van der Waals surface area contributed by atoms with Crippen molar-refractivity contribution in [3.63, 3.8) is 0 Å². The van der Waals surface area contributed by atoms with Crippen molar-refractivity contribution in [2.24, 2.45) is 0 Å². The minimum Gasteiger partial charge on any atom is -0.464 e. The van der Waals surface area contributed by atoms with Crippen molar-refractivity contribution in [1.29, 1.82) is 0 Å². The molecule has 2 unspecified atom stereocenters. The molecule has 2 atom stereocenters. The Morgan fingerprint density at radius 1 is 1.15 bits per heavy atom. The number of hydrogen-bond donors (Lipinski definition) is 2. The first-order valence-corrected chi connectivity index (χ1v) is 12.4. The molecule has 1 aliphatic rings. The molecule has 1 aromatic carbocycles. The Bertz CT molecular complexity index is 1390. The zero-order valence-corrected chi connectivity index (χ0v) is 21.6. The zero-order chi connectivity index (χ0) is 29.8. The highest BCUT2D eigenvalue weighted by molar-refractivity contribution is 5.80. The third-order valence-corrected chi connectivity index (χ3v) is 6.20. The monoisotopic (exact) mass is 585 g/mol. The fourth-order valence-electron chi connectivity index (χ4n) is 4.13. The van der Waals surface area contributed by atoms with Crippen LogP contribution < -0.4 is 11.1 Å². The molecule has 220 valence electrons. The number of nitrogens with two attached hydrogens (primary N) is 1. The Morgan fingerprint density at radius 2 is 1.88 bits per heavy atom. The molecule has 2 aromatic heterocycles. The van der Waals surface area contributed by atoms with Crippen molar-refractivity contribution in [3.05, 3.63) is 65.6 Å². The lowest BCUT2D eigenvalue weighted by atomic mass is 9.95. The summed E-state index contributed by atoms with van der Waals surface area (Å²) in [5, 5.41) is 9.63. The van der Waals surface area contributed by atoms with Gasteiger partial charge < -0.3 is 24.9 Å². The maximum atomic E-state index is 14.8. The van der Waals surface area contributed by atoms with Gasteiger partial charge in [-0.15, -0.1) is 10.2 Å². The van der Waals surface area contributed by atoms with E-state index in [2.05, 4.69) is 20.5 Å². The molecule has 4 bridgehead atoms. The van der Waals surface area contributed by atoms with Crippen LogP contribution in [0.1, 0.15) is 43.2 Å². The van der Waals surface area contributed by atoms with Crippen LogP contribution in [-0.2, 0) is 32.7 Å². The number of carbonyl (C=O) groups excluding carboxylic acids is 1. The predicted molar refractivity (Wildman–Crippen MR) is 133 cm³/mol. The van der Waals surface area contributed by atoms with Crippen molar-refractivity contribution in [2.75, 3.05) is 17.7 Å². The fraction of sp³-hybridized carbons (Fsp3) is 0.385. The van der Waals surface area contributed by atoms with Gasteiger partial charge >= 0.3 is 18.3 Å². The standard InChI is InChI=1S/C26H25F6N5O4/c1-2-39-22(38)18-11-7-4-8-12-24(26(30,31)32,40-14-15-9-5-3-6-10-15)23-37-36-21(41-23)19-17(33)13-16(25(27,28)29)20(34-18)35-19/h3-7,9-10,13,18H,2,8,11-12,14,33H2,1H3,(H,34,35).